The molecule has 2 aromatic carbocycles. The summed E-state index contributed by atoms with van der Waals surface area (Å²) in [7, 11) is 1.63. The molecular weight excluding hydrogens is 290 g/mol. The smallest absolute Gasteiger partial charge is 0.224 e. The highest BCUT2D eigenvalue weighted by atomic mass is 16.5. The Labute approximate surface area is 136 Å². The van der Waals surface area contributed by atoms with E-state index in [0.29, 0.717) is 25.5 Å². The summed E-state index contributed by atoms with van der Waals surface area (Å²) in [5.74, 6) is 2.08. The Bertz CT molecular complexity index is 684. The van der Waals surface area contributed by atoms with E-state index in [-0.39, 0.29) is 5.91 Å². The third-order valence-corrected chi connectivity index (χ3v) is 4.04. The van der Waals surface area contributed by atoms with Crippen molar-refractivity contribution >= 4 is 5.91 Å². The molecule has 0 bridgehead atoms. The largest absolute Gasteiger partial charge is 0.497 e. The van der Waals surface area contributed by atoms with Crippen molar-refractivity contribution in [3.05, 3.63) is 59.7 Å². The van der Waals surface area contributed by atoms with Crippen LogP contribution >= 0.6 is 0 Å². The van der Waals surface area contributed by atoms with Gasteiger partial charge in [0.2, 0.25) is 5.91 Å². The van der Waals surface area contributed by atoms with E-state index in [1.807, 2.05) is 42.5 Å². The van der Waals surface area contributed by atoms with Gasteiger partial charge in [-0.15, -0.1) is 0 Å². The average molecular weight is 311 g/mol. The van der Waals surface area contributed by atoms with Crippen LogP contribution in [0.4, 0.5) is 0 Å². The van der Waals surface area contributed by atoms with E-state index in [4.69, 9.17) is 9.47 Å². The van der Waals surface area contributed by atoms with Gasteiger partial charge in [-0.25, -0.2) is 0 Å². The van der Waals surface area contributed by atoms with Crippen molar-refractivity contribution in [1.29, 1.82) is 0 Å². The van der Waals surface area contributed by atoms with E-state index < -0.39 is 0 Å². The van der Waals surface area contributed by atoms with Gasteiger partial charge in [0.05, 0.1) is 20.1 Å². The van der Waals surface area contributed by atoms with Crippen LogP contribution in [0.3, 0.4) is 0 Å². The second-order valence-corrected chi connectivity index (χ2v) is 5.82. The second-order valence-electron chi connectivity index (χ2n) is 5.82. The monoisotopic (exact) mass is 311 g/mol. The molecule has 1 heterocycles. The maximum atomic E-state index is 12.1. The molecule has 1 aliphatic heterocycles. The number of hydrogen-bond acceptors (Lipinski definition) is 3. The van der Waals surface area contributed by atoms with Crippen LogP contribution in [-0.4, -0.2) is 26.2 Å². The number of para-hydroxylation sites is 1. The Morgan fingerprint density at radius 1 is 1.26 bits per heavy atom. The molecule has 0 aliphatic carbocycles. The van der Waals surface area contributed by atoms with Gasteiger partial charge in [0.1, 0.15) is 11.5 Å². The van der Waals surface area contributed by atoms with Crippen molar-refractivity contribution in [3.63, 3.8) is 0 Å². The molecule has 0 saturated carbocycles. The minimum Gasteiger partial charge on any atom is -0.497 e. The maximum Gasteiger partial charge on any atom is 0.224 e. The highest BCUT2D eigenvalue weighted by Crippen LogP contribution is 2.26. The number of methoxy groups -OCH3 is 1. The molecule has 3 rings (SSSR count). The predicted molar refractivity (Wildman–Crippen MR) is 88.8 cm³/mol. The van der Waals surface area contributed by atoms with E-state index in [1.54, 1.807) is 7.11 Å². The van der Waals surface area contributed by atoms with Crippen LogP contribution in [0, 0.1) is 5.92 Å². The van der Waals surface area contributed by atoms with Crippen LogP contribution in [0.5, 0.6) is 11.5 Å². The van der Waals surface area contributed by atoms with Gasteiger partial charge in [-0.2, -0.15) is 0 Å². The zero-order valence-electron chi connectivity index (χ0n) is 13.2. The summed E-state index contributed by atoms with van der Waals surface area (Å²) in [5, 5.41) is 3.01. The normalized spacial score (nSPS) is 16.1. The lowest BCUT2D eigenvalue weighted by atomic mass is 9.96. The van der Waals surface area contributed by atoms with Gasteiger partial charge in [0.15, 0.2) is 0 Å². The van der Waals surface area contributed by atoms with Gasteiger partial charge >= 0.3 is 0 Å². The Hall–Kier alpha value is -2.49. The fraction of sp³-hybridized carbons (Fsp3) is 0.316. The Morgan fingerprint density at radius 3 is 3.00 bits per heavy atom. The first-order valence-electron chi connectivity index (χ1n) is 7.85. The molecule has 1 atom stereocenters. The lowest BCUT2D eigenvalue weighted by molar-refractivity contribution is -0.120. The van der Waals surface area contributed by atoms with Gasteiger partial charge in [0.25, 0.3) is 0 Å². The number of amides is 1. The summed E-state index contributed by atoms with van der Waals surface area (Å²) < 4.78 is 10.9. The van der Waals surface area contributed by atoms with Crippen LogP contribution in [0.25, 0.3) is 0 Å². The van der Waals surface area contributed by atoms with Crippen LogP contribution < -0.4 is 14.8 Å². The highest BCUT2D eigenvalue weighted by molar-refractivity contribution is 5.78. The minimum absolute atomic E-state index is 0.0251. The van der Waals surface area contributed by atoms with Crippen molar-refractivity contribution in [1.82, 2.24) is 5.32 Å². The quantitative estimate of drug-likeness (QED) is 0.923. The number of benzene rings is 2. The number of hydrogen-bond donors (Lipinski definition) is 1. The molecule has 0 unspecified atom stereocenters. The number of nitrogens with one attached hydrogen (secondary N) is 1. The molecule has 1 aliphatic rings. The molecule has 1 amide bonds. The summed E-state index contributed by atoms with van der Waals surface area (Å²) in [6.45, 7) is 1.29. The van der Waals surface area contributed by atoms with Crippen LogP contribution in [0.1, 0.15) is 11.1 Å². The summed E-state index contributed by atoms with van der Waals surface area (Å²) >= 11 is 0. The molecule has 0 fully saturated rings. The molecule has 4 heteroatoms. The standard InChI is InChI=1S/C19H21NO3/c1-22-17-7-4-5-14(10-17)11-19(21)20-12-15-9-16-6-2-3-8-18(16)23-13-15/h2-8,10,15H,9,11-13H2,1H3,(H,20,21)/t15-/m1/s1. The fourth-order valence-corrected chi connectivity index (χ4v) is 2.81. The van der Waals surface area contributed by atoms with Crippen LogP contribution in [-0.2, 0) is 17.6 Å². The van der Waals surface area contributed by atoms with Gasteiger partial charge in [0, 0.05) is 12.5 Å². The molecule has 4 nitrogen and oxygen atoms in total. The summed E-state index contributed by atoms with van der Waals surface area (Å²) in [5.41, 5.74) is 2.16. The van der Waals surface area contributed by atoms with E-state index in [2.05, 4.69) is 11.4 Å². The molecular formula is C19H21NO3. The first kappa shape index (κ1) is 15.4. The van der Waals surface area contributed by atoms with E-state index in [1.165, 1.54) is 5.56 Å². The third-order valence-electron chi connectivity index (χ3n) is 4.04. The number of rotatable bonds is 5. The first-order valence-corrected chi connectivity index (χ1v) is 7.85. The molecule has 0 aromatic heterocycles. The fourth-order valence-electron chi connectivity index (χ4n) is 2.81. The molecule has 23 heavy (non-hydrogen) atoms. The Morgan fingerprint density at radius 2 is 2.13 bits per heavy atom. The molecule has 0 radical (unpaired) electrons. The van der Waals surface area contributed by atoms with E-state index in [9.17, 15) is 4.79 Å². The first-order chi connectivity index (χ1) is 11.2. The third kappa shape index (κ3) is 4.03. The molecule has 0 saturated heterocycles. The zero-order valence-corrected chi connectivity index (χ0v) is 13.2. The van der Waals surface area contributed by atoms with Gasteiger partial charge in [-0.1, -0.05) is 30.3 Å². The number of carbonyl (C=O) groups is 1. The summed E-state index contributed by atoms with van der Waals surface area (Å²) in [4.78, 5) is 12.1. The lowest BCUT2D eigenvalue weighted by Gasteiger charge is -2.25. The lowest BCUT2D eigenvalue weighted by Crippen LogP contribution is -2.35. The van der Waals surface area contributed by atoms with E-state index >= 15 is 0 Å². The number of carbonyl (C=O) groups excluding carboxylic acids is 1. The van der Waals surface area contributed by atoms with Crippen molar-refractivity contribution in [3.8, 4) is 11.5 Å². The minimum atomic E-state index is 0.0251. The number of ether oxygens (including phenoxy) is 2. The van der Waals surface area contributed by atoms with Crippen LogP contribution in [0.2, 0.25) is 0 Å². The van der Waals surface area contributed by atoms with Crippen molar-refractivity contribution < 1.29 is 14.3 Å². The molecule has 120 valence electrons. The second kappa shape index (κ2) is 7.18. The zero-order chi connectivity index (χ0) is 16.1. The predicted octanol–water partition coefficient (Wildman–Crippen LogP) is 2.61. The molecule has 2 aromatic rings. The average Bonchev–Trinajstić information content (AvgIpc) is 2.60. The van der Waals surface area contributed by atoms with Gasteiger partial charge < -0.3 is 14.8 Å². The van der Waals surface area contributed by atoms with Gasteiger partial charge in [-0.3, -0.25) is 4.79 Å². The summed E-state index contributed by atoms with van der Waals surface area (Å²) in [6, 6.07) is 15.7. The summed E-state index contributed by atoms with van der Waals surface area (Å²) in [6.07, 6.45) is 1.30. The van der Waals surface area contributed by atoms with Crippen molar-refractivity contribution in [2.24, 2.45) is 5.92 Å². The van der Waals surface area contributed by atoms with Crippen molar-refractivity contribution in [2.45, 2.75) is 12.8 Å². The molecule has 0 spiro atoms. The van der Waals surface area contributed by atoms with Gasteiger partial charge in [-0.05, 0) is 35.7 Å². The van der Waals surface area contributed by atoms with E-state index in [0.717, 1.165) is 23.5 Å². The highest BCUT2D eigenvalue weighted by Gasteiger charge is 2.19. The Kier molecular flexibility index (Phi) is 4.81. The topological polar surface area (TPSA) is 47.6 Å². The maximum absolute atomic E-state index is 12.1. The van der Waals surface area contributed by atoms with Crippen LogP contribution in [0.15, 0.2) is 48.5 Å². The SMILES string of the molecule is COc1cccc(CC(=O)NC[C@@H]2COc3ccccc3C2)c1. The molecule has 1 N–H and O–H groups in total. The number of fused-ring (bicyclic) bond motifs is 1. The van der Waals surface area contributed by atoms with Crippen molar-refractivity contribution in [2.75, 3.05) is 20.3 Å². The Balaban J connectivity index is 1.50.